The lowest BCUT2D eigenvalue weighted by atomic mass is 10.1. The molecule has 0 saturated heterocycles. The first-order valence-corrected chi connectivity index (χ1v) is 6.23. The van der Waals surface area contributed by atoms with Gasteiger partial charge in [0.25, 0.3) is 0 Å². The number of unbranched alkanes of at least 4 members (excludes halogenated alkanes) is 1. The van der Waals surface area contributed by atoms with Crippen LogP contribution in [0.2, 0.25) is 0 Å². The largest absolute Gasteiger partial charge is 0.469 e. The molecule has 19 heavy (non-hydrogen) atoms. The first-order chi connectivity index (χ1) is 9.13. The van der Waals surface area contributed by atoms with Crippen molar-refractivity contribution in [1.29, 1.82) is 0 Å². The minimum absolute atomic E-state index is 0.108. The number of carbonyl (C=O) groups excluding carboxylic acids is 2. The van der Waals surface area contributed by atoms with Crippen LogP contribution in [0.1, 0.15) is 31.7 Å². The van der Waals surface area contributed by atoms with Gasteiger partial charge in [0.1, 0.15) is 0 Å². The van der Waals surface area contributed by atoms with Crippen LogP contribution in [0.25, 0.3) is 5.70 Å². The number of allylic oxidation sites excluding steroid dienone is 1. The Hall–Kier alpha value is -2.10. The van der Waals surface area contributed by atoms with Crippen LogP contribution >= 0.6 is 0 Å². The highest BCUT2D eigenvalue weighted by atomic mass is 16.5. The highest BCUT2D eigenvalue weighted by Crippen LogP contribution is 2.13. The van der Waals surface area contributed by atoms with Crippen molar-refractivity contribution >= 4 is 17.6 Å². The summed E-state index contributed by atoms with van der Waals surface area (Å²) in [4.78, 5) is 22.2. The normalized spacial score (nSPS) is 10.9. The minimum atomic E-state index is -0.214. The van der Waals surface area contributed by atoms with Crippen LogP contribution in [0.5, 0.6) is 0 Å². The molecule has 0 aromatic heterocycles. The molecular formula is C15H19NO3. The maximum Gasteiger partial charge on any atom is 0.305 e. The van der Waals surface area contributed by atoms with Gasteiger partial charge in [0.2, 0.25) is 5.91 Å². The molecule has 0 saturated carbocycles. The Bertz CT molecular complexity index is 452. The van der Waals surface area contributed by atoms with Gasteiger partial charge in [0.05, 0.1) is 7.11 Å². The van der Waals surface area contributed by atoms with E-state index < -0.39 is 0 Å². The zero-order valence-electron chi connectivity index (χ0n) is 11.3. The zero-order valence-corrected chi connectivity index (χ0v) is 11.3. The summed E-state index contributed by atoms with van der Waals surface area (Å²) >= 11 is 0. The van der Waals surface area contributed by atoms with Crippen molar-refractivity contribution in [1.82, 2.24) is 5.32 Å². The second-order valence-corrected chi connectivity index (χ2v) is 4.13. The summed E-state index contributed by atoms with van der Waals surface area (Å²) in [6, 6.07) is 9.62. The predicted octanol–water partition coefficient (Wildman–Crippen LogP) is 2.51. The molecule has 4 heteroatoms. The maximum absolute atomic E-state index is 11.2. The van der Waals surface area contributed by atoms with Gasteiger partial charge in [-0.3, -0.25) is 9.59 Å². The molecule has 0 fully saturated rings. The van der Waals surface area contributed by atoms with Crippen molar-refractivity contribution in [3.8, 4) is 0 Å². The number of hydrogen-bond donors (Lipinski definition) is 1. The maximum atomic E-state index is 11.2. The van der Waals surface area contributed by atoms with Crippen molar-refractivity contribution in [2.75, 3.05) is 7.11 Å². The fourth-order valence-electron chi connectivity index (χ4n) is 1.64. The summed E-state index contributed by atoms with van der Waals surface area (Å²) < 4.78 is 4.58. The average Bonchev–Trinajstić information content (AvgIpc) is 2.42. The Morgan fingerprint density at radius 2 is 1.95 bits per heavy atom. The standard InChI is InChI=1S/C15H19NO3/c1-12(17)16-14(13-8-4-3-5-9-13)10-6-7-11-15(18)19-2/h3-5,8-10H,6-7,11H2,1-2H3,(H,16,17). The molecule has 0 aliphatic heterocycles. The van der Waals surface area contributed by atoms with Gasteiger partial charge < -0.3 is 10.1 Å². The zero-order chi connectivity index (χ0) is 14.1. The van der Waals surface area contributed by atoms with Crippen LogP contribution in [-0.2, 0) is 14.3 Å². The number of rotatable bonds is 6. The van der Waals surface area contributed by atoms with Crippen molar-refractivity contribution in [3.05, 3.63) is 42.0 Å². The SMILES string of the molecule is COC(=O)CCCC=C(NC(C)=O)c1ccccc1. The second kappa shape index (κ2) is 8.08. The van der Waals surface area contributed by atoms with Gasteiger partial charge in [0.15, 0.2) is 0 Å². The lowest BCUT2D eigenvalue weighted by Crippen LogP contribution is -2.18. The van der Waals surface area contributed by atoms with Crippen molar-refractivity contribution in [3.63, 3.8) is 0 Å². The average molecular weight is 261 g/mol. The Kier molecular flexibility index (Phi) is 6.36. The number of ether oxygens (including phenoxy) is 1. The van der Waals surface area contributed by atoms with E-state index in [1.807, 2.05) is 36.4 Å². The molecule has 1 amide bonds. The van der Waals surface area contributed by atoms with Gasteiger partial charge in [0, 0.05) is 19.0 Å². The second-order valence-electron chi connectivity index (χ2n) is 4.13. The molecule has 0 atom stereocenters. The quantitative estimate of drug-likeness (QED) is 0.632. The highest BCUT2D eigenvalue weighted by molar-refractivity contribution is 5.84. The molecule has 1 aromatic carbocycles. The van der Waals surface area contributed by atoms with E-state index in [0.717, 1.165) is 11.3 Å². The van der Waals surface area contributed by atoms with E-state index in [1.165, 1.54) is 14.0 Å². The van der Waals surface area contributed by atoms with E-state index in [9.17, 15) is 9.59 Å². The summed E-state index contributed by atoms with van der Waals surface area (Å²) in [7, 11) is 1.38. The summed E-state index contributed by atoms with van der Waals surface area (Å²) in [6.07, 6.45) is 3.72. The molecule has 0 radical (unpaired) electrons. The monoisotopic (exact) mass is 261 g/mol. The first-order valence-electron chi connectivity index (χ1n) is 6.23. The molecule has 0 bridgehead atoms. The van der Waals surface area contributed by atoms with Gasteiger partial charge in [-0.05, 0) is 18.4 Å². The molecule has 102 valence electrons. The molecule has 1 rings (SSSR count). The minimum Gasteiger partial charge on any atom is -0.469 e. The molecule has 1 aromatic rings. The Morgan fingerprint density at radius 1 is 1.26 bits per heavy atom. The van der Waals surface area contributed by atoms with Crippen LogP contribution < -0.4 is 5.32 Å². The van der Waals surface area contributed by atoms with Gasteiger partial charge in [-0.15, -0.1) is 0 Å². The Morgan fingerprint density at radius 3 is 2.53 bits per heavy atom. The van der Waals surface area contributed by atoms with Crippen LogP contribution in [0.3, 0.4) is 0 Å². The molecule has 4 nitrogen and oxygen atoms in total. The van der Waals surface area contributed by atoms with Crippen LogP contribution in [0, 0.1) is 0 Å². The molecule has 0 unspecified atom stereocenters. The number of hydrogen-bond acceptors (Lipinski definition) is 3. The van der Waals surface area contributed by atoms with E-state index in [1.54, 1.807) is 0 Å². The number of nitrogens with one attached hydrogen (secondary N) is 1. The third kappa shape index (κ3) is 5.86. The highest BCUT2D eigenvalue weighted by Gasteiger charge is 2.03. The smallest absolute Gasteiger partial charge is 0.305 e. The molecule has 0 aliphatic carbocycles. The first kappa shape index (κ1) is 15.0. The lowest BCUT2D eigenvalue weighted by molar-refractivity contribution is -0.140. The van der Waals surface area contributed by atoms with E-state index in [4.69, 9.17) is 0 Å². The number of benzene rings is 1. The summed E-state index contributed by atoms with van der Waals surface area (Å²) in [6.45, 7) is 1.48. The Labute approximate surface area is 113 Å². The molecule has 0 heterocycles. The number of methoxy groups -OCH3 is 1. The van der Waals surface area contributed by atoms with Gasteiger partial charge in [-0.1, -0.05) is 36.4 Å². The summed E-state index contributed by atoms with van der Waals surface area (Å²) in [5.41, 5.74) is 1.73. The van der Waals surface area contributed by atoms with Crippen molar-refractivity contribution in [2.45, 2.75) is 26.2 Å². The third-order valence-corrected chi connectivity index (χ3v) is 2.56. The fourth-order valence-corrected chi connectivity index (χ4v) is 1.64. The van der Waals surface area contributed by atoms with Crippen LogP contribution in [-0.4, -0.2) is 19.0 Å². The lowest BCUT2D eigenvalue weighted by Gasteiger charge is -2.08. The Balaban J connectivity index is 2.64. The van der Waals surface area contributed by atoms with E-state index in [0.29, 0.717) is 19.3 Å². The third-order valence-electron chi connectivity index (χ3n) is 2.56. The van der Waals surface area contributed by atoms with Crippen LogP contribution in [0.15, 0.2) is 36.4 Å². The number of amides is 1. The molecule has 0 spiro atoms. The number of carbonyl (C=O) groups is 2. The van der Waals surface area contributed by atoms with Crippen molar-refractivity contribution < 1.29 is 14.3 Å². The molecular weight excluding hydrogens is 242 g/mol. The molecule has 0 aliphatic rings. The summed E-state index contributed by atoms with van der Waals surface area (Å²) in [5.74, 6) is -0.322. The fraction of sp³-hybridized carbons (Fsp3) is 0.333. The van der Waals surface area contributed by atoms with Gasteiger partial charge in [-0.25, -0.2) is 0 Å². The van der Waals surface area contributed by atoms with Crippen LogP contribution in [0.4, 0.5) is 0 Å². The predicted molar refractivity (Wildman–Crippen MR) is 74.1 cm³/mol. The van der Waals surface area contributed by atoms with E-state index in [2.05, 4.69) is 10.1 Å². The van der Waals surface area contributed by atoms with Gasteiger partial charge >= 0.3 is 5.97 Å². The number of esters is 1. The summed E-state index contributed by atoms with van der Waals surface area (Å²) in [5, 5.41) is 2.80. The molecule has 1 N–H and O–H groups in total. The van der Waals surface area contributed by atoms with E-state index >= 15 is 0 Å². The van der Waals surface area contributed by atoms with Gasteiger partial charge in [-0.2, -0.15) is 0 Å². The van der Waals surface area contributed by atoms with E-state index in [-0.39, 0.29) is 11.9 Å². The topological polar surface area (TPSA) is 55.4 Å². The van der Waals surface area contributed by atoms with Crippen molar-refractivity contribution in [2.24, 2.45) is 0 Å².